The van der Waals surface area contributed by atoms with Crippen molar-refractivity contribution in [2.24, 2.45) is 5.73 Å². The van der Waals surface area contributed by atoms with Gasteiger partial charge in [0.1, 0.15) is 11.5 Å². The van der Waals surface area contributed by atoms with Gasteiger partial charge < -0.3 is 15.1 Å². The zero-order chi connectivity index (χ0) is 12.3. The van der Waals surface area contributed by atoms with Crippen LogP contribution in [-0.4, -0.2) is 43.0 Å². The molecule has 96 valence electrons. The van der Waals surface area contributed by atoms with Gasteiger partial charge in [0.15, 0.2) is 0 Å². The van der Waals surface area contributed by atoms with Gasteiger partial charge in [-0.2, -0.15) is 0 Å². The molecule has 1 aromatic heterocycles. The van der Waals surface area contributed by atoms with Crippen molar-refractivity contribution in [1.82, 2.24) is 9.80 Å². The van der Waals surface area contributed by atoms with Crippen LogP contribution in [0.15, 0.2) is 10.5 Å². The summed E-state index contributed by atoms with van der Waals surface area (Å²) in [6.07, 6.45) is 1.24. The monoisotopic (exact) mass is 237 g/mol. The fraction of sp³-hybridized carbons (Fsp3) is 0.692. The maximum Gasteiger partial charge on any atom is 0.118 e. The molecule has 4 heteroatoms. The lowest BCUT2D eigenvalue weighted by atomic mass is 10.2. The summed E-state index contributed by atoms with van der Waals surface area (Å²) in [6.45, 7) is 8.08. The molecule has 1 saturated heterocycles. The minimum atomic E-state index is 0.568. The normalized spacial score (nSPS) is 19.5. The van der Waals surface area contributed by atoms with E-state index < -0.39 is 0 Å². The van der Waals surface area contributed by atoms with E-state index in [1.807, 2.05) is 6.92 Å². The molecule has 1 aliphatic rings. The zero-order valence-electron chi connectivity index (χ0n) is 10.9. The number of hydrogen-bond acceptors (Lipinski definition) is 4. The van der Waals surface area contributed by atoms with Gasteiger partial charge >= 0.3 is 0 Å². The van der Waals surface area contributed by atoms with Gasteiger partial charge in [0, 0.05) is 25.2 Å². The van der Waals surface area contributed by atoms with Gasteiger partial charge in [-0.15, -0.1) is 0 Å². The van der Waals surface area contributed by atoms with Gasteiger partial charge in [-0.3, -0.25) is 4.90 Å². The van der Waals surface area contributed by atoms with Crippen molar-refractivity contribution < 1.29 is 4.42 Å². The Morgan fingerprint density at radius 3 is 2.82 bits per heavy atom. The molecule has 0 aliphatic carbocycles. The van der Waals surface area contributed by atoms with E-state index in [1.165, 1.54) is 13.0 Å². The smallest absolute Gasteiger partial charge is 0.118 e. The van der Waals surface area contributed by atoms with Gasteiger partial charge in [-0.05, 0) is 39.5 Å². The number of aryl methyl sites for hydroxylation is 1. The SMILES string of the molecule is Cc1oc(CN2CCCN(C)CC2)cc1CN. The summed E-state index contributed by atoms with van der Waals surface area (Å²) in [7, 11) is 2.19. The highest BCUT2D eigenvalue weighted by Gasteiger charge is 2.14. The molecule has 17 heavy (non-hydrogen) atoms. The first-order valence-corrected chi connectivity index (χ1v) is 6.38. The Kier molecular flexibility index (Phi) is 4.20. The third kappa shape index (κ3) is 3.31. The van der Waals surface area contributed by atoms with Crippen molar-refractivity contribution >= 4 is 0 Å². The molecule has 4 nitrogen and oxygen atoms in total. The number of likely N-dealkylation sites (N-methyl/N-ethyl adjacent to an activating group) is 1. The topological polar surface area (TPSA) is 45.6 Å². The van der Waals surface area contributed by atoms with Crippen molar-refractivity contribution in [1.29, 1.82) is 0 Å². The lowest BCUT2D eigenvalue weighted by Gasteiger charge is -2.18. The predicted molar refractivity (Wildman–Crippen MR) is 68.7 cm³/mol. The molecule has 2 rings (SSSR count). The summed E-state index contributed by atoms with van der Waals surface area (Å²) in [5, 5.41) is 0. The fourth-order valence-corrected chi connectivity index (χ4v) is 2.35. The number of nitrogens with two attached hydrogens (primary N) is 1. The van der Waals surface area contributed by atoms with Crippen LogP contribution >= 0.6 is 0 Å². The molecular formula is C13H23N3O. The Hall–Kier alpha value is -0.840. The van der Waals surface area contributed by atoms with Crippen LogP contribution in [-0.2, 0) is 13.1 Å². The fourth-order valence-electron chi connectivity index (χ4n) is 2.35. The maximum atomic E-state index is 5.74. The molecule has 0 spiro atoms. The average molecular weight is 237 g/mol. The van der Waals surface area contributed by atoms with E-state index in [4.69, 9.17) is 10.2 Å². The lowest BCUT2D eigenvalue weighted by Crippen LogP contribution is -2.28. The van der Waals surface area contributed by atoms with E-state index in [-0.39, 0.29) is 0 Å². The van der Waals surface area contributed by atoms with Crippen molar-refractivity contribution in [2.75, 3.05) is 33.2 Å². The van der Waals surface area contributed by atoms with E-state index in [1.54, 1.807) is 0 Å². The standard InChI is InChI=1S/C13H23N3O/c1-11-12(9-14)8-13(17-11)10-16-5-3-4-15(2)6-7-16/h8H,3-7,9-10,14H2,1-2H3. The summed E-state index contributed by atoms with van der Waals surface area (Å²) < 4.78 is 5.74. The molecule has 1 aliphatic heterocycles. The van der Waals surface area contributed by atoms with E-state index in [0.29, 0.717) is 6.54 Å². The Morgan fingerprint density at radius 2 is 2.12 bits per heavy atom. The Labute approximate surface area is 103 Å². The van der Waals surface area contributed by atoms with Crippen LogP contribution in [0, 0.1) is 6.92 Å². The lowest BCUT2D eigenvalue weighted by molar-refractivity contribution is 0.247. The van der Waals surface area contributed by atoms with Gasteiger partial charge in [0.2, 0.25) is 0 Å². The molecule has 0 aromatic carbocycles. The average Bonchev–Trinajstić information content (AvgIpc) is 2.52. The van der Waals surface area contributed by atoms with Crippen LogP contribution in [0.25, 0.3) is 0 Å². The maximum absolute atomic E-state index is 5.74. The molecule has 0 amide bonds. The third-order valence-corrected chi connectivity index (χ3v) is 3.48. The summed E-state index contributed by atoms with van der Waals surface area (Å²) in [5.74, 6) is 2.02. The first kappa shape index (κ1) is 12.6. The number of furan rings is 1. The predicted octanol–water partition coefficient (Wildman–Crippen LogP) is 1.18. The molecule has 1 fully saturated rings. The van der Waals surface area contributed by atoms with Crippen molar-refractivity contribution in [2.45, 2.75) is 26.4 Å². The van der Waals surface area contributed by atoms with E-state index >= 15 is 0 Å². The largest absolute Gasteiger partial charge is 0.465 e. The first-order chi connectivity index (χ1) is 8.19. The van der Waals surface area contributed by atoms with Crippen LogP contribution in [0.2, 0.25) is 0 Å². The molecule has 0 saturated carbocycles. The zero-order valence-corrected chi connectivity index (χ0v) is 10.9. The molecule has 2 heterocycles. The summed E-state index contributed by atoms with van der Waals surface area (Å²) in [5.41, 5.74) is 6.79. The van der Waals surface area contributed by atoms with Crippen LogP contribution in [0.4, 0.5) is 0 Å². The minimum Gasteiger partial charge on any atom is -0.465 e. The molecule has 0 atom stereocenters. The molecule has 2 N–H and O–H groups in total. The number of nitrogens with zero attached hydrogens (tertiary/aromatic N) is 2. The van der Waals surface area contributed by atoms with E-state index in [0.717, 1.165) is 43.3 Å². The van der Waals surface area contributed by atoms with Crippen molar-refractivity contribution in [3.63, 3.8) is 0 Å². The van der Waals surface area contributed by atoms with Gasteiger partial charge in [-0.25, -0.2) is 0 Å². The molecule has 0 radical (unpaired) electrons. The minimum absolute atomic E-state index is 0.568. The van der Waals surface area contributed by atoms with Gasteiger partial charge in [0.05, 0.1) is 6.54 Å². The first-order valence-electron chi connectivity index (χ1n) is 6.38. The molecule has 1 aromatic rings. The van der Waals surface area contributed by atoms with E-state index in [9.17, 15) is 0 Å². The van der Waals surface area contributed by atoms with Crippen LogP contribution in [0.3, 0.4) is 0 Å². The third-order valence-electron chi connectivity index (χ3n) is 3.48. The van der Waals surface area contributed by atoms with E-state index in [2.05, 4.69) is 22.9 Å². The van der Waals surface area contributed by atoms with Crippen LogP contribution in [0.1, 0.15) is 23.5 Å². The summed E-state index contributed by atoms with van der Waals surface area (Å²) >= 11 is 0. The van der Waals surface area contributed by atoms with Crippen molar-refractivity contribution in [3.8, 4) is 0 Å². The van der Waals surface area contributed by atoms with Crippen LogP contribution in [0.5, 0.6) is 0 Å². The van der Waals surface area contributed by atoms with Crippen molar-refractivity contribution in [3.05, 3.63) is 23.2 Å². The quantitative estimate of drug-likeness (QED) is 0.857. The molecule has 0 bridgehead atoms. The number of rotatable bonds is 3. The Bertz CT molecular complexity index is 362. The summed E-state index contributed by atoms with van der Waals surface area (Å²) in [4.78, 5) is 4.85. The Morgan fingerprint density at radius 1 is 1.29 bits per heavy atom. The Balaban J connectivity index is 1.95. The van der Waals surface area contributed by atoms with Crippen LogP contribution < -0.4 is 5.73 Å². The highest BCUT2D eigenvalue weighted by atomic mass is 16.3. The van der Waals surface area contributed by atoms with Gasteiger partial charge in [0.25, 0.3) is 0 Å². The second-order valence-corrected chi connectivity index (χ2v) is 4.93. The molecular weight excluding hydrogens is 214 g/mol. The number of hydrogen-bond donors (Lipinski definition) is 1. The second-order valence-electron chi connectivity index (χ2n) is 4.93. The highest BCUT2D eigenvalue weighted by Crippen LogP contribution is 2.16. The second kappa shape index (κ2) is 5.67. The summed E-state index contributed by atoms with van der Waals surface area (Å²) in [6, 6.07) is 2.10. The van der Waals surface area contributed by atoms with Gasteiger partial charge in [-0.1, -0.05) is 0 Å². The highest BCUT2D eigenvalue weighted by molar-refractivity contribution is 5.20. The molecule has 0 unspecified atom stereocenters.